The molecule has 1 fully saturated rings. The third-order valence-electron chi connectivity index (χ3n) is 5.73. The fourth-order valence-electron chi connectivity index (χ4n) is 3.89. The van der Waals surface area contributed by atoms with Gasteiger partial charge in [-0.15, -0.1) is 0 Å². The van der Waals surface area contributed by atoms with Crippen molar-refractivity contribution in [1.82, 2.24) is 15.1 Å². The monoisotopic (exact) mass is 436 g/mol. The molecular weight excluding hydrogens is 404 g/mol. The average molecular weight is 437 g/mol. The van der Waals surface area contributed by atoms with E-state index in [-0.39, 0.29) is 30.2 Å². The normalized spacial score (nSPS) is 15.2. The van der Waals surface area contributed by atoms with Crippen molar-refractivity contribution < 1.29 is 14.4 Å². The number of aryl methyl sites for hydroxylation is 2. The molecule has 2 aromatic rings. The zero-order chi connectivity index (χ0) is 23.1. The number of piperazine rings is 1. The Bertz CT molecular complexity index is 933. The molecular formula is C25H32N4O3. The van der Waals surface area contributed by atoms with Gasteiger partial charge < -0.3 is 15.5 Å². The van der Waals surface area contributed by atoms with E-state index in [1.54, 1.807) is 12.1 Å². The zero-order valence-corrected chi connectivity index (χ0v) is 19.1. The molecule has 2 N–H and O–H groups in total. The first kappa shape index (κ1) is 23.5. The fraction of sp³-hybridized carbons (Fsp3) is 0.400. The predicted octanol–water partition coefficient (Wildman–Crippen LogP) is 2.59. The van der Waals surface area contributed by atoms with Gasteiger partial charge in [-0.25, -0.2) is 0 Å². The number of amides is 3. The summed E-state index contributed by atoms with van der Waals surface area (Å²) in [5.74, 6) is -0.199. The number of nitrogens with zero attached hydrogens (tertiary/aromatic N) is 2. The number of nitrogens with one attached hydrogen (secondary N) is 2. The van der Waals surface area contributed by atoms with Crippen LogP contribution in [0.1, 0.15) is 34.8 Å². The molecule has 1 saturated heterocycles. The standard InChI is InChI=1S/C25H32N4O3/c1-18-8-7-9-19(2)24(18)27-22(30)17-28-12-14-29(15-13-28)23(31)16-20(3)26-25(32)21-10-5-4-6-11-21/h4-11,20H,12-17H2,1-3H3,(H,26,32)(H,27,30). The van der Waals surface area contributed by atoms with Crippen molar-refractivity contribution >= 4 is 23.4 Å². The van der Waals surface area contributed by atoms with Crippen LogP contribution in [0.2, 0.25) is 0 Å². The van der Waals surface area contributed by atoms with Gasteiger partial charge in [0.25, 0.3) is 5.91 Å². The van der Waals surface area contributed by atoms with Crippen LogP contribution in [0.3, 0.4) is 0 Å². The molecule has 170 valence electrons. The first-order chi connectivity index (χ1) is 15.3. The highest BCUT2D eigenvalue weighted by atomic mass is 16.2. The van der Waals surface area contributed by atoms with E-state index in [9.17, 15) is 14.4 Å². The number of anilines is 1. The van der Waals surface area contributed by atoms with Crippen LogP contribution < -0.4 is 10.6 Å². The Morgan fingerprint density at radius 2 is 1.53 bits per heavy atom. The quantitative estimate of drug-likeness (QED) is 0.699. The SMILES string of the molecule is Cc1cccc(C)c1NC(=O)CN1CCN(C(=O)CC(C)NC(=O)c2ccccc2)CC1. The number of para-hydroxylation sites is 1. The molecule has 0 radical (unpaired) electrons. The molecule has 3 amide bonds. The molecule has 1 heterocycles. The van der Waals surface area contributed by atoms with Crippen LogP contribution in [-0.4, -0.2) is 66.3 Å². The van der Waals surface area contributed by atoms with Crippen molar-refractivity contribution in [3.05, 3.63) is 65.2 Å². The molecule has 1 unspecified atom stereocenters. The van der Waals surface area contributed by atoms with Gasteiger partial charge in [-0.3, -0.25) is 19.3 Å². The van der Waals surface area contributed by atoms with Gasteiger partial charge in [0.1, 0.15) is 0 Å². The number of hydrogen-bond donors (Lipinski definition) is 2. The Labute approximate surface area is 189 Å². The lowest BCUT2D eigenvalue weighted by molar-refractivity contribution is -0.133. The summed E-state index contributed by atoms with van der Waals surface area (Å²) in [5.41, 5.74) is 3.54. The maximum atomic E-state index is 12.6. The lowest BCUT2D eigenvalue weighted by Gasteiger charge is -2.35. The van der Waals surface area contributed by atoms with Crippen molar-refractivity contribution in [1.29, 1.82) is 0 Å². The van der Waals surface area contributed by atoms with Gasteiger partial charge in [-0.1, -0.05) is 36.4 Å². The van der Waals surface area contributed by atoms with Crippen LogP contribution in [0.5, 0.6) is 0 Å². The van der Waals surface area contributed by atoms with Gasteiger partial charge in [-0.05, 0) is 44.0 Å². The van der Waals surface area contributed by atoms with Crippen molar-refractivity contribution in [2.24, 2.45) is 0 Å². The van der Waals surface area contributed by atoms with Gasteiger partial charge in [0.05, 0.1) is 6.54 Å². The Kier molecular flexibility index (Phi) is 8.00. The summed E-state index contributed by atoms with van der Waals surface area (Å²) in [5, 5.41) is 5.90. The van der Waals surface area contributed by atoms with Crippen molar-refractivity contribution in [3.63, 3.8) is 0 Å². The first-order valence-electron chi connectivity index (χ1n) is 11.1. The smallest absolute Gasteiger partial charge is 0.251 e. The first-order valence-corrected chi connectivity index (χ1v) is 11.1. The summed E-state index contributed by atoms with van der Waals surface area (Å²) in [6, 6.07) is 14.7. The number of hydrogen-bond acceptors (Lipinski definition) is 4. The van der Waals surface area contributed by atoms with Crippen LogP contribution >= 0.6 is 0 Å². The molecule has 0 spiro atoms. The largest absolute Gasteiger partial charge is 0.349 e. The van der Waals surface area contributed by atoms with Crippen LogP contribution in [0.4, 0.5) is 5.69 Å². The van der Waals surface area contributed by atoms with Gasteiger partial charge >= 0.3 is 0 Å². The van der Waals surface area contributed by atoms with Gasteiger partial charge in [0, 0.05) is 49.9 Å². The van der Waals surface area contributed by atoms with E-state index in [2.05, 4.69) is 15.5 Å². The lowest BCUT2D eigenvalue weighted by Crippen LogP contribution is -2.51. The van der Waals surface area contributed by atoms with Crippen molar-refractivity contribution in [2.45, 2.75) is 33.2 Å². The average Bonchev–Trinajstić information content (AvgIpc) is 2.77. The van der Waals surface area contributed by atoms with E-state index in [0.717, 1.165) is 16.8 Å². The lowest BCUT2D eigenvalue weighted by atomic mass is 10.1. The molecule has 0 saturated carbocycles. The minimum Gasteiger partial charge on any atom is -0.349 e. The third-order valence-corrected chi connectivity index (χ3v) is 5.73. The highest BCUT2D eigenvalue weighted by Gasteiger charge is 2.24. The molecule has 0 aromatic heterocycles. The number of carbonyl (C=O) groups is 3. The second-order valence-electron chi connectivity index (χ2n) is 8.42. The zero-order valence-electron chi connectivity index (χ0n) is 19.1. The topological polar surface area (TPSA) is 81.8 Å². The second kappa shape index (κ2) is 10.9. The van der Waals surface area contributed by atoms with Crippen LogP contribution in [0.15, 0.2) is 48.5 Å². The van der Waals surface area contributed by atoms with E-state index in [0.29, 0.717) is 38.3 Å². The van der Waals surface area contributed by atoms with Crippen molar-refractivity contribution in [3.8, 4) is 0 Å². The Hall–Kier alpha value is -3.19. The molecule has 32 heavy (non-hydrogen) atoms. The predicted molar refractivity (Wildman–Crippen MR) is 126 cm³/mol. The number of rotatable bonds is 7. The molecule has 2 aromatic carbocycles. The maximum absolute atomic E-state index is 12.6. The van der Waals surface area contributed by atoms with E-state index in [1.807, 2.05) is 62.1 Å². The van der Waals surface area contributed by atoms with E-state index in [1.165, 1.54) is 0 Å². The third kappa shape index (κ3) is 6.40. The number of benzene rings is 2. The van der Waals surface area contributed by atoms with Crippen LogP contribution in [0, 0.1) is 13.8 Å². The minimum atomic E-state index is -0.253. The Morgan fingerprint density at radius 3 is 2.16 bits per heavy atom. The molecule has 7 heteroatoms. The van der Waals surface area contributed by atoms with Crippen molar-refractivity contribution in [2.75, 3.05) is 38.0 Å². The molecule has 7 nitrogen and oxygen atoms in total. The summed E-state index contributed by atoms with van der Waals surface area (Å²) >= 11 is 0. The fourth-order valence-corrected chi connectivity index (χ4v) is 3.89. The van der Waals surface area contributed by atoms with Crippen LogP contribution in [0.25, 0.3) is 0 Å². The Balaban J connectivity index is 1.41. The van der Waals surface area contributed by atoms with Gasteiger partial charge in [0.2, 0.25) is 11.8 Å². The van der Waals surface area contributed by atoms with Gasteiger partial charge in [-0.2, -0.15) is 0 Å². The maximum Gasteiger partial charge on any atom is 0.251 e. The molecule has 1 aliphatic heterocycles. The summed E-state index contributed by atoms with van der Waals surface area (Å²) in [4.78, 5) is 41.3. The van der Waals surface area contributed by atoms with E-state index >= 15 is 0 Å². The molecule has 0 bridgehead atoms. The van der Waals surface area contributed by atoms with Crippen LogP contribution in [-0.2, 0) is 9.59 Å². The molecule has 1 aliphatic rings. The molecule has 0 aliphatic carbocycles. The summed E-state index contributed by atoms with van der Waals surface area (Å²) in [7, 11) is 0. The highest BCUT2D eigenvalue weighted by Crippen LogP contribution is 2.19. The second-order valence-corrected chi connectivity index (χ2v) is 8.42. The summed E-state index contributed by atoms with van der Waals surface area (Å²) in [6.45, 7) is 8.57. The van der Waals surface area contributed by atoms with E-state index in [4.69, 9.17) is 0 Å². The summed E-state index contributed by atoms with van der Waals surface area (Å²) in [6.07, 6.45) is 0.256. The van der Waals surface area contributed by atoms with Gasteiger partial charge in [0.15, 0.2) is 0 Å². The summed E-state index contributed by atoms with van der Waals surface area (Å²) < 4.78 is 0. The molecule has 3 rings (SSSR count). The molecule has 1 atom stereocenters. The minimum absolute atomic E-state index is 0.0190. The number of carbonyl (C=O) groups excluding carboxylic acids is 3. The highest BCUT2D eigenvalue weighted by molar-refractivity contribution is 5.95. The Morgan fingerprint density at radius 1 is 0.906 bits per heavy atom. The van der Waals surface area contributed by atoms with E-state index < -0.39 is 0 Å².